The minimum atomic E-state index is -4.49. The molecule has 2 amide bonds. The molecule has 0 saturated carbocycles. The van der Waals surface area contributed by atoms with Crippen LogP contribution in [-0.2, 0) is 12.6 Å². The van der Waals surface area contributed by atoms with Crippen LogP contribution >= 0.6 is 0 Å². The second-order valence-electron chi connectivity index (χ2n) is 8.57. The zero-order chi connectivity index (χ0) is 25.0. The molecule has 4 rings (SSSR count). The molecule has 0 bridgehead atoms. The van der Waals surface area contributed by atoms with E-state index in [1.54, 1.807) is 29.3 Å². The highest BCUT2D eigenvalue weighted by molar-refractivity contribution is 6.01. The lowest BCUT2D eigenvalue weighted by Gasteiger charge is -2.17. The summed E-state index contributed by atoms with van der Waals surface area (Å²) in [6.07, 6.45) is 0.617. The number of aryl methyl sites for hydroxylation is 1. The summed E-state index contributed by atoms with van der Waals surface area (Å²) in [5.74, 6) is -0.504. The molecule has 0 spiro atoms. The molecule has 1 saturated heterocycles. The molecule has 3 heterocycles. The average molecular weight is 483 g/mol. The molecule has 6 nitrogen and oxygen atoms in total. The van der Waals surface area contributed by atoms with Crippen LogP contribution in [0, 0.1) is 6.92 Å². The van der Waals surface area contributed by atoms with Crippen molar-refractivity contribution in [3.05, 3.63) is 82.8 Å². The molecular weight excluding hydrogens is 457 g/mol. The van der Waals surface area contributed by atoms with Gasteiger partial charge < -0.3 is 10.2 Å². The normalized spacial score (nSPS) is 13.7. The van der Waals surface area contributed by atoms with Crippen molar-refractivity contribution in [3.63, 3.8) is 0 Å². The van der Waals surface area contributed by atoms with E-state index in [4.69, 9.17) is 0 Å². The van der Waals surface area contributed by atoms with Crippen molar-refractivity contribution in [1.82, 2.24) is 20.2 Å². The molecule has 0 aliphatic carbocycles. The number of hydrogen-bond acceptors (Lipinski definition) is 4. The van der Waals surface area contributed by atoms with E-state index in [1.165, 1.54) is 6.07 Å². The highest BCUT2D eigenvalue weighted by atomic mass is 19.4. The molecule has 0 atom stereocenters. The Morgan fingerprint density at radius 3 is 2.34 bits per heavy atom. The SMILES string of the molecule is Cc1ccc(-c2cc(C(=O)NCCc3ccc(C(F)(F)F)nc3)cc(C(=O)N3CCCC3)c2)nc1. The fraction of sp³-hybridized carbons (Fsp3) is 0.308. The molecule has 2 aromatic heterocycles. The summed E-state index contributed by atoms with van der Waals surface area (Å²) < 4.78 is 38.0. The first-order valence-corrected chi connectivity index (χ1v) is 11.4. The minimum absolute atomic E-state index is 0.124. The van der Waals surface area contributed by atoms with Crippen LogP contribution in [0.4, 0.5) is 13.2 Å². The van der Waals surface area contributed by atoms with Crippen LogP contribution < -0.4 is 5.32 Å². The van der Waals surface area contributed by atoms with E-state index in [9.17, 15) is 22.8 Å². The Morgan fingerprint density at radius 2 is 1.71 bits per heavy atom. The molecule has 0 unspecified atom stereocenters. The van der Waals surface area contributed by atoms with Gasteiger partial charge in [0, 0.05) is 48.7 Å². The topological polar surface area (TPSA) is 75.2 Å². The van der Waals surface area contributed by atoms with Gasteiger partial charge in [0.25, 0.3) is 11.8 Å². The molecule has 1 aliphatic rings. The van der Waals surface area contributed by atoms with Gasteiger partial charge in [-0.2, -0.15) is 13.2 Å². The van der Waals surface area contributed by atoms with Crippen LogP contribution in [0.1, 0.15) is 50.4 Å². The van der Waals surface area contributed by atoms with E-state index in [1.807, 2.05) is 19.1 Å². The van der Waals surface area contributed by atoms with E-state index in [0.29, 0.717) is 47.5 Å². The third-order valence-corrected chi connectivity index (χ3v) is 5.86. The first-order valence-electron chi connectivity index (χ1n) is 11.4. The van der Waals surface area contributed by atoms with E-state index < -0.39 is 11.9 Å². The van der Waals surface area contributed by atoms with Crippen LogP contribution in [0.5, 0.6) is 0 Å². The molecule has 9 heteroatoms. The fourth-order valence-corrected chi connectivity index (χ4v) is 3.93. The molecule has 3 aromatic rings. The van der Waals surface area contributed by atoms with Crippen molar-refractivity contribution in [1.29, 1.82) is 0 Å². The number of carbonyl (C=O) groups excluding carboxylic acids is 2. The van der Waals surface area contributed by atoms with Gasteiger partial charge in [0.15, 0.2) is 0 Å². The van der Waals surface area contributed by atoms with Gasteiger partial charge in [-0.1, -0.05) is 12.1 Å². The number of hydrogen-bond donors (Lipinski definition) is 1. The molecular formula is C26H25F3N4O2. The largest absolute Gasteiger partial charge is 0.433 e. The van der Waals surface area contributed by atoms with Crippen molar-refractivity contribution in [2.24, 2.45) is 0 Å². The van der Waals surface area contributed by atoms with Gasteiger partial charge >= 0.3 is 6.18 Å². The molecule has 1 aromatic carbocycles. The number of aromatic nitrogens is 2. The highest BCUT2D eigenvalue weighted by Crippen LogP contribution is 2.27. The Bertz CT molecular complexity index is 1200. The van der Waals surface area contributed by atoms with Crippen LogP contribution in [0.25, 0.3) is 11.3 Å². The summed E-state index contributed by atoms with van der Waals surface area (Å²) in [7, 11) is 0. The van der Waals surface area contributed by atoms with Crippen LogP contribution in [-0.4, -0.2) is 46.3 Å². The number of likely N-dealkylation sites (tertiary alicyclic amines) is 1. The maximum absolute atomic E-state index is 13.0. The van der Waals surface area contributed by atoms with Gasteiger partial charge in [0.05, 0.1) is 5.69 Å². The second kappa shape index (κ2) is 10.2. The predicted molar refractivity (Wildman–Crippen MR) is 125 cm³/mol. The summed E-state index contributed by atoms with van der Waals surface area (Å²) in [5, 5.41) is 2.78. The minimum Gasteiger partial charge on any atom is -0.352 e. The van der Waals surface area contributed by atoms with E-state index in [0.717, 1.165) is 30.7 Å². The summed E-state index contributed by atoms with van der Waals surface area (Å²) in [4.78, 5) is 35.6. The van der Waals surface area contributed by atoms with Crippen LogP contribution in [0.15, 0.2) is 54.9 Å². The van der Waals surface area contributed by atoms with Gasteiger partial charge in [0.2, 0.25) is 0 Å². The highest BCUT2D eigenvalue weighted by Gasteiger charge is 2.32. The summed E-state index contributed by atoms with van der Waals surface area (Å²) in [6.45, 7) is 3.51. The number of halogens is 3. The van der Waals surface area contributed by atoms with Gasteiger partial charge in [-0.3, -0.25) is 19.6 Å². The van der Waals surface area contributed by atoms with E-state index in [2.05, 4.69) is 15.3 Å². The van der Waals surface area contributed by atoms with E-state index >= 15 is 0 Å². The monoisotopic (exact) mass is 482 g/mol. The Kier molecular flexibility index (Phi) is 7.14. The maximum Gasteiger partial charge on any atom is 0.433 e. The average Bonchev–Trinajstić information content (AvgIpc) is 3.38. The second-order valence-corrected chi connectivity index (χ2v) is 8.57. The number of benzene rings is 1. The zero-order valence-corrected chi connectivity index (χ0v) is 19.2. The van der Waals surface area contributed by atoms with Crippen LogP contribution in [0.3, 0.4) is 0 Å². The summed E-state index contributed by atoms with van der Waals surface area (Å²) in [6, 6.07) is 11.0. The lowest BCUT2D eigenvalue weighted by molar-refractivity contribution is -0.141. The molecule has 1 N–H and O–H groups in total. The molecule has 1 fully saturated rings. The number of amides is 2. The number of nitrogens with one attached hydrogen (secondary N) is 1. The Balaban J connectivity index is 1.51. The first-order chi connectivity index (χ1) is 16.7. The molecule has 1 aliphatic heterocycles. The van der Waals surface area contributed by atoms with Gasteiger partial charge in [0.1, 0.15) is 5.69 Å². The van der Waals surface area contributed by atoms with Gasteiger partial charge in [-0.05, 0) is 67.6 Å². The number of nitrogens with zero attached hydrogens (tertiary/aromatic N) is 3. The number of alkyl halides is 3. The smallest absolute Gasteiger partial charge is 0.352 e. The van der Waals surface area contributed by atoms with Gasteiger partial charge in [-0.15, -0.1) is 0 Å². The summed E-state index contributed by atoms with van der Waals surface area (Å²) >= 11 is 0. The lowest BCUT2D eigenvalue weighted by Crippen LogP contribution is -2.29. The summed E-state index contributed by atoms with van der Waals surface area (Å²) in [5.41, 5.74) is 2.65. The molecule has 182 valence electrons. The number of carbonyl (C=O) groups is 2. The predicted octanol–water partition coefficient (Wildman–Crippen LogP) is 4.68. The van der Waals surface area contributed by atoms with Crippen molar-refractivity contribution in [2.75, 3.05) is 19.6 Å². The number of rotatable bonds is 6. The van der Waals surface area contributed by atoms with Crippen molar-refractivity contribution in [3.8, 4) is 11.3 Å². The quantitative estimate of drug-likeness (QED) is 0.554. The van der Waals surface area contributed by atoms with Crippen molar-refractivity contribution in [2.45, 2.75) is 32.4 Å². The molecule has 35 heavy (non-hydrogen) atoms. The third kappa shape index (κ3) is 6.03. The Hall–Kier alpha value is -3.75. The fourth-order valence-electron chi connectivity index (χ4n) is 3.93. The van der Waals surface area contributed by atoms with E-state index in [-0.39, 0.29) is 18.4 Å². The standard InChI is InChI=1S/C26H25F3N4O2/c1-17-4-6-22(31-15-17)19-12-20(14-21(13-19)25(35)33-10-2-3-11-33)24(34)30-9-8-18-5-7-23(32-16-18)26(27,28)29/h4-7,12-16H,2-3,8-11H2,1H3,(H,30,34). The maximum atomic E-state index is 13.0. The van der Waals surface area contributed by atoms with Crippen molar-refractivity contribution >= 4 is 11.8 Å². The van der Waals surface area contributed by atoms with Crippen molar-refractivity contribution < 1.29 is 22.8 Å². The molecule has 0 radical (unpaired) electrons. The Labute approximate surface area is 201 Å². The third-order valence-electron chi connectivity index (χ3n) is 5.86. The van der Waals surface area contributed by atoms with Crippen LogP contribution in [0.2, 0.25) is 0 Å². The first kappa shape index (κ1) is 24.4. The lowest BCUT2D eigenvalue weighted by atomic mass is 10.0. The van der Waals surface area contributed by atoms with Gasteiger partial charge in [-0.25, -0.2) is 0 Å². The Morgan fingerprint density at radius 1 is 0.971 bits per heavy atom. The number of pyridine rings is 2. The zero-order valence-electron chi connectivity index (χ0n) is 19.2.